The summed E-state index contributed by atoms with van der Waals surface area (Å²) in [5.41, 5.74) is 2.91. The lowest BCUT2D eigenvalue weighted by atomic mass is 9.93. The summed E-state index contributed by atoms with van der Waals surface area (Å²) in [6, 6.07) is 2.17. The summed E-state index contributed by atoms with van der Waals surface area (Å²) in [5.74, 6) is 2.41. The zero-order valence-corrected chi connectivity index (χ0v) is 7.79. The molecule has 68 valence electrons. The van der Waals surface area contributed by atoms with Gasteiger partial charge in [0.25, 0.3) is 0 Å². The molecule has 0 aromatic carbocycles. The van der Waals surface area contributed by atoms with E-state index in [1.807, 2.05) is 6.20 Å². The molecule has 2 nitrogen and oxygen atoms in total. The van der Waals surface area contributed by atoms with E-state index in [1.54, 1.807) is 7.11 Å². The van der Waals surface area contributed by atoms with Crippen LogP contribution < -0.4 is 4.74 Å². The predicted molar refractivity (Wildman–Crippen MR) is 50.1 cm³/mol. The minimum Gasteiger partial charge on any atom is -0.481 e. The molecule has 13 heavy (non-hydrogen) atoms. The Hall–Kier alpha value is -1.05. The molecule has 2 atom stereocenters. The summed E-state index contributed by atoms with van der Waals surface area (Å²) in [6.07, 6.45) is 5.90. The first kappa shape index (κ1) is 7.36. The van der Waals surface area contributed by atoms with Crippen molar-refractivity contribution in [3.05, 3.63) is 23.4 Å². The van der Waals surface area contributed by atoms with Crippen LogP contribution in [0.4, 0.5) is 0 Å². The summed E-state index contributed by atoms with van der Waals surface area (Å²) in [7, 11) is 1.72. The topological polar surface area (TPSA) is 22.1 Å². The summed E-state index contributed by atoms with van der Waals surface area (Å²) in [5, 5.41) is 0. The molecule has 0 amide bonds. The van der Waals surface area contributed by atoms with E-state index in [1.165, 1.54) is 30.4 Å². The first-order valence-corrected chi connectivity index (χ1v) is 4.93. The Balaban J connectivity index is 2.20. The Bertz CT molecular complexity index is 348. The lowest BCUT2D eigenvalue weighted by molar-refractivity contribution is 0.388. The molecule has 1 saturated carbocycles. The van der Waals surface area contributed by atoms with Crippen molar-refractivity contribution in [3.8, 4) is 5.88 Å². The molecule has 2 bridgehead atoms. The van der Waals surface area contributed by atoms with Crippen LogP contribution in [0.3, 0.4) is 0 Å². The van der Waals surface area contributed by atoms with Gasteiger partial charge in [0.05, 0.1) is 7.11 Å². The Morgan fingerprint density at radius 1 is 1.38 bits per heavy atom. The Morgan fingerprint density at radius 3 is 3.08 bits per heavy atom. The molecular formula is C11H13NO. The van der Waals surface area contributed by atoms with Gasteiger partial charge in [0.2, 0.25) is 5.88 Å². The second kappa shape index (κ2) is 2.47. The monoisotopic (exact) mass is 175 g/mol. The van der Waals surface area contributed by atoms with Gasteiger partial charge in [-0.05, 0) is 42.7 Å². The quantitative estimate of drug-likeness (QED) is 0.654. The number of pyridine rings is 1. The Morgan fingerprint density at radius 2 is 2.23 bits per heavy atom. The van der Waals surface area contributed by atoms with E-state index < -0.39 is 0 Å². The Kier molecular flexibility index (Phi) is 1.40. The molecule has 1 aromatic rings. The number of rotatable bonds is 1. The number of ether oxygens (including phenoxy) is 1. The van der Waals surface area contributed by atoms with Crippen molar-refractivity contribution < 1.29 is 4.74 Å². The number of aromatic nitrogens is 1. The first-order chi connectivity index (χ1) is 6.40. The van der Waals surface area contributed by atoms with E-state index in [9.17, 15) is 0 Å². The molecule has 0 spiro atoms. The van der Waals surface area contributed by atoms with Crippen LogP contribution in [0.1, 0.15) is 42.2 Å². The van der Waals surface area contributed by atoms with Crippen LogP contribution in [0.25, 0.3) is 0 Å². The van der Waals surface area contributed by atoms with E-state index in [4.69, 9.17) is 4.74 Å². The van der Waals surface area contributed by atoms with Crippen molar-refractivity contribution in [2.24, 2.45) is 0 Å². The number of methoxy groups -OCH3 is 1. The average Bonchev–Trinajstić information content (AvgIpc) is 2.77. The van der Waals surface area contributed by atoms with E-state index in [0.29, 0.717) is 0 Å². The van der Waals surface area contributed by atoms with Crippen molar-refractivity contribution in [2.75, 3.05) is 7.11 Å². The standard InChI is InChI=1S/C11H13NO/c1-13-11-10-8-3-2-7(6-8)9(10)4-5-12-11/h4-5,7-8H,2-3,6H2,1H3. The second-order valence-electron chi connectivity index (χ2n) is 4.03. The highest BCUT2D eigenvalue weighted by Crippen LogP contribution is 2.55. The summed E-state index contributed by atoms with van der Waals surface area (Å²) >= 11 is 0. The number of fused-ring (bicyclic) bond motifs is 5. The number of hydrogen-bond acceptors (Lipinski definition) is 2. The molecule has 0 N–H and O–H groups in total. The van der Waals surface area contributed by atoms with Crippen LogP contribution in [0.5, 0.6) is 5.88 Å². The molecule has 1 aromatic heterocycles. The predicted octanol–water partition coefficient (Wildman–Crippen LogP) is 2.45. The van der Waals surface area contributed by atoms with Crippen LogP contribution in [-0.4, -0.2) is 12.1 Å². The van der Waals surface area contributed by atoms with Gasteiger partial charge in [0, 0.05) is 11.8 Å². The molecule has 0 saturated heterocycles. The van der Waals surface area contributed by atoms with E-state index in [2.05, 4.69) is 11.1 Å². The number of hydrogen-bond donors (Lipinski definition) is 0. The first-order valence-electron chi connectivity index (χ1n) is 4.93. The van der Waals surface area contributed by atoms with E-state index in [-0.39, 0.29) is 0 Å². The van der Waals surface area contributed by atoms with Crippen LogP contribution >= 0.6 is 0 Å². The molecule has 2 aliphatic carbocycles. The molecule has 1 heterocycles. The summed E-state index contributed by atoms with van der Waals surface area (Å²) in [6.45, 7) is 0. The minimum atomic E-state index is 0.739. The third-order valence-electron chi connectivity index (χ3n) is 3.46. The van der Waals surface area contributed by atoms with Gasteiger partial charge < -0.3 is 4.74 Å². The normalized spacial score (nSPS) is 29.0. The van der Waals surface area contributed by atoms with Crippen LogP contribution in [0.2, 0.25) is 0 Å². The largest absolute Gasteiger partial charge is 0.481 e. The smallest absolute Gasteiger partial charge is 0.216 e. The average molecular weight is 175 g/mol. The van der Waals surface area contributed by atoms with Gasteiger partial charge in [0.15, 0.2) is 0 Å². The van der Waals surface area contributed by atoms with Crippen molar-refractivity contribution in [3.63, 3.8) is 0 Å². The van der Waals surface area contributed by atoms with E-state index in [0.717, 1.165) is 17.7 Å². The third kappa shape index (κ3) is 0.859. The van der Waals surface area contributed by atoms with Gasteiger partial charge in [-0.1, -0.05) is 0 Å². The maximum absolute atomic E-state index is 5.30. The zero-order valence-electron chi connectivity index (χ0n) is 7.79. The fourth-order valence-corrected chi connectivity index (χ4v) is 2.92. The van der Waals surface area contributed by atoms with Crippen molar-refractivity contribution in [1.82, 2.24) is 4.98 Å². The van der Waals surface area contributed by atoms with Crippen LogP contribution in [0.15, 0.2) is 12.3 Å². The van der Waals surface area contributed by atoms with Gasteiger partial charge in [-0.15, -0.1) is 0 Å². The van der Waals surface area contributed by atoms with Crippen LogP contribution in [0, 0.1) is 0 Å². The lowest BCUT2D eigenvalue weighted by Crippen LogP contribution is -2.02. The van der Waals surface area contributed by atoms with Gasteiger partial charge in [-0.2, -0.15) is 0 Å². The second-order valence-corrected chi connectivity index (χ2v) is 4.03. The Labute approximate surface area is 77.9 Å². The molecule has 3 rings (SSSR count). The zero-order chi connectivity index (χ0) is 8.84. The number of nitrogens with zero attached hydrogens (tertiary/aromatic N) is 1. The fraction of sp³-hybridized carbons (Fsp3) is 0.545. The third-order valence-corrected chi connectivity index (χ3v) is 3.46. The molecule has 2 unspecified atom stereocenters. The molecular weight excluding hydrogens is 162 g/mol. The molecule has 1 fully saturated rings. The summed E-state index contributed by atoms with van der Waals surface area (Å²) < 4.78 is 5.30. The lowest BCUT2D eigenvalue weighted by Gasteiger charge is -2.16. The van der Waals surface area contributed by atoms with Gasteiger partial charge >= 0.3 is 0 Å². The highest BCUT2D eigenvalue weighted by atomic mass is 16.5. The SMILES string of the molecule is COc1nccc2c1C1CCC2C1. The van der Waals surface area contributed by atoms with E-state index >= 15 is 0 Å². The minimum absolute atomic E-state index is 0.739. The summed E-state index contributed by atoms with van der Waals surface area (Å²) in [4.78, 5) is 4.27. The van der Waals surface area contributed by atoms with Gasteiger partial charge in [-0.25, -0.2) is 4.98 Å². The van der Waals surface area contributed by atoms with Crippen molar-refractivity contribution in [1.29, 1.82) is 0 Å². The fourth-order valence-electron chi connectivity index (χ4n) is 2.92. The van der Waals surface area contributed by atoms with Crippen molar-refractivity contribution in [2.45, 2.75) is 31.1 Å². The molecule has 2 heteroatoms. The van der Waals surface area contributed by atoms with Gasteiger partial charge in [-0.3, -0.25) is 0 Å². The molecule has 0 radical (unpaired) electrons. The highest BCUT2D eigenvalue weighted by molar-refractivity contribution is 5.46. The molecule has 2 aliphatic rings. The van der Waals surface area contributed by atoms with Crippen molar-refractivity contribution >= 4 is 0 Å². The maximum atomic E-state index is 5.30. The van der Waals surface area contributed by atoms with Crippen LogP contribution in [-0.2, 0) is 0 Å². The molecule has 0 aliphatic heterocycles. The van der Waals surface area contributed by atoms with Gasteiger partial charge in [0.1, 0.15) is 0 Å². The highest BCUT2D eigenvalue weighted by Gasteiger charge is 2.39. The maximum Gasteiger partial charge on any atom is 0.216 e.